The average Bonchev–Trinajstić information content (AvgIpc) is 3.26. The summed E-state index contributed by atoms with van der Waals surface area (Å²) in [4.78, 5) is 2.55. The molecule has 156 valence electrons. The van der Waals surface area contributed by atoms with E-state index in [4.69, 9.17) is 25.4 Å². The first-order valence-corrected chi connectivity index (χ1v) is 16.2. The third kappa shape index (κ3) is 46.8. The summed E-state index contributed by atoms with van der Waals surface area (Å²) in [6.45, 7) is 19.7. The summed E-state index contributed by atoms with van der Waals surface area (Å²) in [6, 6.07) is 0. The molecule has 2 saturated heterocycles. The van der Waals surface area contributed by atoms with Gasteiger partial charge in [-0.05, 0) is 18.4 Å². The molecule has 8 nitrogen and oxygen atoms in total. The van der Waals surface area contributed by atoms with Gasteiger partial charge < -0.3 is 24.6 Å². The average molecular weight is 446 g/mol. The maximum absolute atomic E-state index is 7.80. The molecule has 2 aliphatic rings. The van der Waals surface area contributed by atoms with E-state index in [0.29, 0.717) is 26.3 Å². The Morgan fingerprint density at radius 2 is 1.44 bits per heavy atom. The normalized spacial score (nSPS) is 14.6. The monoisotopic (exact) mass is 445 g/mol. The van der Waals surface area contributed by atoms with Gasteiger partial charge in [0.1, 0.15) is 0 Å². The van der Waals surface area contributed by atoms with E-state index in [1.807, 2.05) is 0 Å². The largest absolute Gasteiger partial charge is 1.00 e. The Bertz CT molecular complexity index is 335. The fraction of sp³-hybridized carbons (Fsp3) is 1.00. The first kappa shape index (κ1) is 32.8. The summed E-state index contributed by atoms with van der Waals surface area (Å²) in [5.74, 6) is 0. The topological polar surface area (TPSA) is 120 Å². The molecule has 0 radical (unpaired) electrons. The molecule has 0 atom stereocenters. The number of hydrogen-bond donors (Lipinski definition) is 1. The van der Waals surface area contributed by atoms with Crippen molar-refractivity contribution in [3.63, 3.8) is 0 Å². The Morgan fingerprint density at radius 3 is 1.67 bits per heavy atom. The molecule has 11 heteroatoms. The van der Waals surface area contributed by atoms with Crippen LogP contribution in [0.2, 0.25) is 39.3 Å². The Hall–Kier alpha value is 1.18. The summed E-state index contributed by atoms with van der Waals surface area (Å²) in [5, 5.41) is 3.26. The fourth-order valence-electron chi connectivity index (χ4n) is 1.85. The van der Waals surface area contributed by atoms with Crippen molar-refractivity contribution in [2.45, 2.75) is 52.1 Å². The van der Waals surface area contributed by atoms with Crippen molar-refractivity contribution in [2.75, 3.05) is 52.7 Å². The van der Waals surface area contributed by atoms with Crippen LogP contribution in [-0.4, -0.2) is 69.2 Å². The molecule has 2 N–H and O–H groups in total. The number of ether oxygens (including phenoxy) is 3. The number of azide groups is 1. The summed E-state index contributed by atoms with van der Waals surface area (Å²) in [7, 11) is -2.21. The predicted octanol–water partition coefficient (Wildman–Crippen LogP) is 1.12. The van der Waals surface area contributed by atoms with Gasteiger partial charge >= 0.3 is 51.4 Å². The molecule has 0 spiro atoms. The van der Waals surface area contributed by atoms with Gasteiger partial charge in [-0.15, -0.1) is 0 Å². The van der Waals surface area contributed by atoms with E-state index in [1.165, 1.54) is 12.8 Å². The Labute approximate surface area is 210 Å². The van der Waals surface area contributed by atoms with E-state index in [1.54, 1.807) is 0 Å². The first-order valence-electron chi connectivity index (χ1n) is 9.30. The molecule has 0 unspecified atom stereocenters. The molecule has 2 heterocycles. The molecule has 2 rings (SSSR count). The van der Waals surface area contributed by atoms with Crippen LogP contribution < -0.4 is 57.1 Å². The predicted molar refractivity (Wildman–Crippen MR) is 115 cm³/mol. The zero-order valence-electron chi connectivity index (χ0n) is 18.7. The van der Waals surface area contributed by atoms with E-state index >= 15 is 0 Å². The standard InChI is InChI=1S/C6H18NSi2.C4H10N4O.C4H8O.C2H4O.K/c1-8(2,3)7-9(4,5)6;5-1-3-9-4-2-7-8-6;1-2-4-5-3-1;1-2-3-1;/h1-6H3;1-5H2;1-4H2;1-2H2;/q-1;;;;+1. The van der Waals surface area contributed by atoms with E-state index in [-0.39, 0.29) is 51.4 Å². The molecular weight excluding hydrogens is 405 g/mol. The SMILES string of the molecule is C1CCOC1.C1CO1.C[Si](C)(C)[N-][Si](C)(C)C.[K+].[N-]=[N+]=NCCOCCN. The Kier molecular flexibility index (Phi) is 26.6. The van der Waals surface area contributed by atoms with Crippen LogP contribution in [0, 0.1) is 0 Å². The fourth-order valence-corrected chi connectivity index (χ4v) is 9.90. The zero-order chi connectivity index (χ0) is 20.3. The van der Waals surface area contributed by atoms with Crippen LogP contribution in [0.5, 0.6) is 0 Å². The van der Waals surface area contributed by atoms with Crippen molar-refractivity contribution in [2.24, 2.45) is 10.8 Å². The van der Waals surface area contributed by atoms with Gasteiger partial charge in [-0.1, -0.05) is 60.9 Å². The zero-order valence-corrected chi connectivity index (χ0v) is 23.8. The molecule has 0 bridgehead atoms. The molecular formula is C16H40KN5O3Si2. The second-order valence-electron chi connectivity index (χ2n) is 7.74. The molecule has 0 saturated carbocycles. The second kappa shape index (κ2) is 21.9. The van der Waals surface area contributed by atoms with Crippen LogP contribution in [0.4, 0.5) is 0 Å². The van der Waals surface area contributed by atoms with E-state index in [2.05, 4.69) is 54.0 Å². The number of nitrogens with two attached hydrogens (primary N) is 1. The van der Waals surface area contributed by atoms with Crippen LogP contribution in [0.1, 0.15) is 12.8 Å². The Morgan fingerprint density at radius 1 is 0.963 bits per heavy atom. The third-order valence-corrected chi connectivity index (χ3v) is 7.73. The summed E-state index contributed by atoms with van der Waals surface area (Å²) in [5.41, 5.74) is 12.9. The van der Waals surface area contributed by atoms with Crippen molar-refractivity contribution in [3.8, 4) is 0 Å². The summed E-state index contributed by atoms with van der Waals surface area (Å²) >= 11 is 0. The van der Waals surface area contributed by atoms with Gasteiger partial charge in [0.15, 0.2) is 0 Å². The van der Waals surface area contributed by atoms with Gasteiger partial charge in [-0.3, -0.25) is 0 Å². The number of rotatable bonds is 7. The molecule has 0 amide bonds. The van der Waals surface area contributed by atoms with E-state index in [9.17, 15) is 0 Å². The van der Waals surface area contributed by atoms with Gasteiger partial charge in [-0.25, -0.2) is 0 Å². The molecule has 0 aliphatic carbocycles. The number of hydrogen-bond acceptors (Lipinski definition) is 5. The van der Waals surface area contributed by atoms with E-state index < -0.39 is 16.5 Å². The summed E-state index contributed by atoms with van der Waals surface area (Å²) < 4.78 is 19.2. The van der Waals surface area contributed by atoms with Crippen LogP contribution in [0.3, 0.4) is 0 Å². The molecule has 2 fully saturated rings. The minimum absolute atomic E-state index is 0. The van der Waals surface area contributed by atoms with Crippen LogP contribution in [0.25, 0.3) is 15.1 Å². The smallest absolute Gasteiger partial charge is 0.668 e. The van der Waals surface area contributed by atoms with Crippen LogP contribution >= 0.6 is 0 Å². The van der Waals surface area contributed by atoms with Gasteiger partial charge in [0, 0.05) is 31.2 Å². The van der Waals surface area contributed by atoms with Gasteiger partial charge in [0.25, 0.3) is 0 Å². The maximum Gasteiger partial charge on any atom is 1.00 e. The van der Waals surface area contributed by atoms with Crippen LogP contribution in [0.15, 0.2) is 5.11 Å². The van der Waals surface area contributed by atoms with Gasteiger partial charge in [0.05, 0.1) is 26.4 Å². The van der Waals surface area contributed by atoms with Crippen molar-refractivity contribution in [1.29, 1.82) is 0 Å². The quantitative estimate of drug-likeness (QED) is 0.158. The summed E-state index contributed by atoms with van der Waals surface area (Å²) in [6.07, 6.45) is 2.56. The molecule has 0 aromatic rings. The number of nitrogens with zero attached hydrogens (tertiary/aromatic N) is 4. The first-order chi connectivity index (χ1) is 12.1. The third-order valence-electron chi connectivity index (χ3n) is 2.36. The van der Waals surface area contributed by atoms with Crippen molar-refractivity contribution < 1.29 is 65.6 Å². The van der Waals surface area contributed by atoms with Gasteiger partial charge in [0.2, 0.25) is 0 Å². The van der Waals surface area contributed by atoms with Crippen molar-refractivity contribution in [1.82, 2.24) is 0 Å². The van der Waals surface area contributed by atoms with E-state index in [0.717, 1.165) is 26.4 Å². The minimum Gasteiger partial charge on any atom is -0.668 e. The Balaban J connectivity index is -0.000000298. The van der Waals surface area contributed by atoms with Crippen molar-refractivity contribution in [3.05, 3.63) is 15.1 Å². The maximum atomic E-state index is 7.80. The molecule has 2 aliphatic heterocycles. The molecule has 0 aromatic heterocycles. The van der Waals surface area contributed by atoms with Crippen LogP contribution in [-0.2, 0) is 14.2 Å². The minimum atomic E-state index is -1.11. The number of epoxide rings is 1. The van der Waals surface area contributed by atoms with Crippen molar-refractivity contribution >= 4 is 16.5 Å². The second-order valence-corrected chi connectivity index (χ2v) is 17.3. The molecule has 27 heavy (non-hydrogen) atoms. The van der Waals surface area contributed by atoms with Gasteiger partial charge in [-0.2, -0.15) is 0 Å². The molecule has 0 aromatic carbocycles.